The molecule has 0 aromatic carbocycles. The van der Waals surface area contributed by atoms with Gasteiger partial charge in [-0.05, 0) is 45.2 Å². The lowest BCUT2D eigenvalue weighted by Crippen LogP contribution is -2.24. The van der Waals surface area contributed by atoms with Crippen LogP contribution in [0.2, 0.25) is 0 Å². The van der Waals surface area contributed by atoms with Crippen molar-refractivity contribution >= 4 is 21.4 Å². The van der Waals surface area contributed by atoms with Crippen LogP contribution < -0.4 is 4.72 Å². The summed E-state index contributed by atoms with van der Waals surface area (Å²) in [5.74, 6) is 1.53. The van der Waals surface area contributed by atoms with E-state index in [9.17, 15) is 8.42 Å². The fraction of sp³-hybridized carbons (Fsp3) is 0.538. The van der Waals surface area contributed by atoms with Gasteiger partial charge in [0, 0.05) is 10.9 Å². The first kappa shape index (κ1) is 14.7. The molecular weight excluding hydrogens is 308 g/mol. The second-order valence-electron chi connectivity index (χ2n) is 5.39. The molecule has 114 valence electrons. The van der Waals surface area contributed by atoms with E-state index in [2.05, 4.69) is 14.9 Å². The molecule has 0 bridgehead atoms. The topological polar surface area (TPSA) is 76.9 Å². The Morgan fingerprint density at radius 3 is 2.62 bits per heavy atom. The lowest BCUT2D eigenvalue weighted by molar-refractivity contribution is 0.575. The Kier molecular flexibility index (Phi) is 3.62. The van der Waals surface area contributed by atoms with Crippen LogP contribution in [0.5, 0.6) is 0 Å². The minimum Gasteiger partial charge on any atom is -0.311 e. The predicted octanol–water partition coefficient (Wildman–Crippen LogP) is 2.08. The molecule has 1 fully saturated rings. The Hall–Kier alpha value is -1.25. The fourth-order valence-corrected chi connectivity index (χ4v) is 4.79. The SMILES string of the molecule is Cc1cc(S(=O)(=O)NCc2nnc(C)n2C2CC2)sc1C. The van der Waals surface area contributed by atoms with E-state index in [-0.39, 0.29) is 6.54 Å². The molecule has 2 aromatic rings. The van der Waals surface area contributed by atoms with Crippen molar-refractivity contribution in [3.05, 3.63) is 28.2 Å². The molecule has 2 aromatic heterocycles. The molecule has 0 amide bonds. The second-order valence-corrected chi connectivity index (χ2v) is 8.64. The molecule has 8 heteroatoms. The number of thiophene rings is 1. The number of hydrogen-bond donors (Lipinski definition) is 1. The molecule has 2 heterocycles. The number of nitrogens with zero attached hydrogens (tertiary/aromatic N) is 3. The zero-order valence-electron chi connectivity index (χ0n) is 12.3. The lowest BCUT2D eigenvalue weighted by atomic mass is 10.3. The predicted molar refractivity (Wildman–Crippen MR) is 80.8 cm³/mol. The van der Waals surface area contributed by atoms with Gasteiger partial charge in [-0.25, -0.2) is 13.1 Å². The maximum Gasteiger partial charge on any atom is 0.250 e. The number of aryl methyl sites for hydroxylation is 3. The molecule has 1 aliphatic rings. The number of rotatable bonds is 5. The average Bonchev–Trinajstić information content (AvgIpc) is 3.10. The van der Waals surface area contributed by atoms with Crippen LogP contribution in [-0.2, 0) is 16.6 Å². The van der Waals surface area contributed by atoms with Crippen molar-refractivity contribution in [2.45, 2.75) is 50.4 Å². The summed E-state index contributed by atoms with van der Waals surface area (Å²) in [5, 5.41) is 8.14. The first-order chi connectivity index (χ1) is 9.88. The zero-order chi connectivity index (χ0) is 15.2. The van der Waals surface area contributed by atoms with Crippen LogP contribution in [0.25, 0.3) is 0 Å². The van der Waals surface area contributed by atoms with Crippen molar-refractivity contribution in [1.82, 2.24) is 19.5 Å². The van der Waals surface area contributed by atoms with Gasteiger partial charge in [-0.1, -0.05) is 0 Å². The van der Waals surface area contributed by atoms with Crippen LogP contribution in [0.4, 0.5) is 0 Å². The molecule has 21 heavy (non-hydrogen) atoms. The fourth-order valence-electron chi connectivity index (χ4n) is 2.24. The molecule has 0 aliphatic heterocycles. The number of aromatic nitrogens is 3. The smallest absolute Gasteiger partial charge is 0.250 e. The molecule has 1 saturated carbocycles. The van der Waals surface area contributed by atoms with E-state index in [1.165, 1.54) is 11.3 Å². The molecule has 0 atom stereocenters. The van der Waals surface area contributed by atoms with Gasteiger partial charge in [-0.15, -0.1) is 21.5 Å². The van der Waals surface area contributed by atoms with Crippen LogP contribution in [0.15, 0.2) is 10.3 Å². The van der Waals surface area contributed by atoms with Crippen molar-refractivity contribution in [3.63, 3.8) is 0 Å². The van der Waals surface area contributed by atoms with Gasteiger partial charge < -0.3 is 4.57 Å². The summed E-state index contributed by atoms with van der Waals surface area (Å²) in [7, 11) is -3.49. The first-order valence-corrected chi connectivity index (χ1v) is 9.15. The minimum absolute atomic E-state index is 0.176. The standard InChI is InChI=1S/C13H18N4O2S2/c1-8-6-13(20-9(8)2)21(18,19)14-7-12-16-15-10(3)17(12)11-4-5-11/h6,11,14H,4-5,7H2,1-3H3. The van der Waals surface area contributed by atoms with E-state index in [1.807, 2.05) is 25.3 Å². The van der Waals surface area contributed by atoms with Crippen LogP contribution in [0.3, 0.4) is 0 Å². The maximum absolute atomic E-state index is 12.3. The quantitative estimate of drug-likeness (QED) is 0.912. The molecular formula is C13H18N4O2S2. The minimum atomic E-state index is -3.49. The Bertz CT molecular complexity index is 753. The second kappa shape index (κ2) is 5.19. The molecule has 3 rings (SSSR count). The summed E-state index contributed by atoms with van der Waals surface area (Å²) in [6.07, 6.45) is 2.23. The normalized spacial score (nSPS) is 15.6. The van der Waals surface area contributed by atoms with Gasteiger partial charge in [0.05, 0.1) is 6.54 Å². The van der Waals surface area contributed by atoms with Crippen molar-refractivity contribution < 1.29 is 8.42 Å². The third-order valence-corrected chi connectivity index (χ3v) is 6.70. The average molecular weight is 326 g/mol. The van der Waals surface area contributed by atoms with Gasteiger partial charge in [-0.2, -0.15) is 0 Å². The van der Waals surface area contributed by atoms with E-state index in [1.54, 1.807) is 6.07 Å². The summed E-state index contributed by atoms with van der Waals surface area (Å²) < 4.78 is 29.6. The Morgan fingerprint density at radius 1 is 1.33 bits per heavy atom. The Morgan fingerprint density at radius 2 is 2.05 bits per heavy atom. The van der Waals surface area contributed by atoms with Gasteiger partial charge in [0.1, 0.15) is 15.9 Å². The van der Waals surface area contributed by atoms with Crippen molar-refractivity contribution in [1.29, 1.82) is 0 Å². The van der Waals surface area contributed by atoms with Gasteiger partial charge in [0.15, 0.2) is 0 Å². The van der Waals surface area contributed by atoms with E-state index >= 15 is 0 Å². The number of sulfonamides is 1. The Balaban J connectivity index is 1.78. The number of nitrogens with one attached hydrogen (secondary N) is 1. The van der Waals surface area contributed by atoms with E-state index in [0.717, 1.165) is 29.1 Å². The summed E-state index contributed by atoms with van der Waals surface area (Å²) in [6, 6.07) is 2.14. The molecule has 0 radical (unpaired) electrons. The molecule has 1 aliphatic carbocycles. The molecule has 1 N–H and O–H groups in total. The molecule has 0 saturated heterocycles. The molecule has 6 nitrogen and oxygen atoms in total. The van der Waals surface area contributed by atoms with Gasteiger partial charge >= 0.3 is 0 Å². The molecule has 0 spiro atoms. The van der Waals surface area contributed by atoms with Crippen LogP contribution in [0.1, 0.15) is 41.0 Å². The van der Waals surface area contributed by atoms with E-state index in [0.29, 0.717) is 16.1 Å². The zero-order valence-corrected chi connectivity index (χ0v) is 13.9. The monoisotopic (exact) mass is 326 g/mol. The lowest BCUT2D eigenvalue weighted by Gasteiger charge is -2.08. The molecule has 0 unspecified atom stereocenters. The third-order valence-electron chi connectivity index (χ3n) is 3.68. The highest BCUT2D eigenvalue weighted by molar-refractivity contribution is 7.91. The Labute approximate surface area is 128 Å². The largest absolute Gasteiger partial charge is 0.311 e. The van der Waals surface area contributed by atoms with E-state index < -0.39 is 10.0 Å². The number of hydrogen-bond acceptors (Lipinski definition) is 5. The van der Waals surface area contributed by atoms with Crippen LogP contribution in [0, 0.1) is 20.8 Å². The van der Waals surface area contributed by atoms with Gasteiger partial charge in [0.25, 0.3) is 0 Å². The van der Waals surface area contributed by atoms with Gasteiger partial charge in [-0.3, -0.25) is 0 Å². The third kappa shape index (κ3) is 2.88. The van der Waals surface area contributed by atoms with Crippen molar-refractivity contribution in [2.24, 2.45) is 0 Å². The highest BCUT2D eigenvalue weighted by Crippen LogP contribution is 2.36. The first-order valence-electron chi connectivity index (χ1n) is 6.85. The van der Waals surface area contributed by atoms with Crippen LogP contribution >= 0.6 is 11.3 Å². The summed E-state index contributed by atoms with van der Waals surface area (Å²) in [4.78, 5) is 1.02. The summed E-state index contributed by atoms with van der Waals surface area (Å²) in [6.45, 7) is 5.91. The highest BCUT2D eigenvalue weighted by Gasteiger charge is 2.28. The summed E-state index contributed by atoms with van der Waals surface area (Å²) in [5.41, 5.74) is 0.998. The van der Waals surface area contributed by atoms with Crippen molar-refractivity contribution in [2.75, 3.05) is 0 Å². The van der Waals surface area contributed by atoms with E-state index in [4.69, 9.17) is 0 Å². The summed E-state index contributed by atoms with van der Waals surface area (Å²) >= 11 is 1.29. The highest BCUT2D eigenvalue weighted by atomic mass is 32.2. The van der Waals surface area contributed by atoms with Gasteiger partial charge in [0.2, 0.25) is 10.0 Å². The maximum atomic E-state index is 12.3. The van der Waals surface area contributed by atoms with Crippen molar-refractivity contribution in [3.8, 4) is 0 Å². The van der Waals surface area contributed by atoms with Crippen LogP contribution in [-0.4, -0.2) is 23.2 Å².